The molecule has 2 aliphatic rings. The highest BCUT2D eigenvalue weighted by Crippen LogP contribution is 2.32. The van der Waals surface area contributed by atoms with Crippen LogP contribution in [0.1, 0.15) is 30.0 Å². The van der Waals surface area contributed by atoms with Gasteiger partial charge in [-0.05, 0) is 73.8 Å². The highest BCUT2D eigenvalue weighted by atomic mass is 32.2. The highest BCUT2D eigenvalue weighted by Gasteiger charge is 2.27. The second-order valence-electron chi connectivity index (χ2n) is 7.85. The van der Waals surface area contributed by atoms with Crippen LogP contribution >= 0.6 is 0 Å². The van der Waals surface area contributed by atoms with E-state index < -0.39 is 10.0 Å². The molecule has 7 heteroatoms. The Hall–Kier alpha value is -2.09. The fourth-order valence-electron chi connectivity index (χ4n) is 4.33. The van der Waals surface area contributed by atoms with E-state index in [4.69, 9.17) is 4.74 Å². The summed E-state index contributed by atoms with van der Waals surface area (Å²) >= 11 is 0. The lowest BCUT2D eigenvalue weighted by molar-refractivity contribution is 0.246. The average molecular weight is 416 g/mol. The topological polar surface area (TPSA) is 61.9 Å². The summed E-state index contributed by atoms with van der Waals surface area (Å²) in [7, 11) is 0.105. The van der Waals surface area contributed by atoms with Crippen molar-refractivity contribution >= 4 is 15.7 Å². The smallest absolute Gasteiger partial charge is 0.240 e. The van der Waals surface area contributed by atoms with Crippen molar-refractivity contribution < 1.29 is 13.2 Å². The molecule has 2 aromatic rings. The lowest BCUT2D eigenvalue weighted by Crippen LogP contribution is -2.36. The van der Waals surface area contributed by atoms with Crippen LogP contribution in [0.2, 0.25) is 0 Å². The zero-order chi connectivity index (χ0) is 20.4. The summed E-state index contributed by atoms with van der Waals surface area (Å²) < 4.78 is 33.6. The van der Waals surface area contributed by atoms with E-state index in [-0.39, 0.29) is 10.9 Å². The molecule has 2 aromatic carbocycles. The molecule has 0 bridgehead atoms. The Kier molecular flexibility index (Phi) is 5.81. The van der Waals surface area contributed by atoms with Crippen LogP contribution in [-0.2, 0) is 16.4 Å². The quantitative estimate of drug-likeness (QED) is 0.754. The van der Waals surface area contributed by atoms with E-state index in [0.29, 0.717) is 12.3 Å². The molecule has 2 heterocycles. The van der Waals surface area contributed by atoms with E-state index in [1.165, 1.54) is 16.8 Å². The van der Waals surface area contributed by atoms with Crippen molar-refractivity contribution in [3.8, 4) is 5.75 Å². The molecule has 1 N–H and O–H groups in total. The molecule has 156 valence electrons. The van der Waals surface area contributed by atoms with Gasteiger partial charge in [0.1, 0.15) is 5.75 Å². The Bertz CT molecular complexity index is 954. The van der Waals surface area contributed by atoms with Gasteiger partial charge in [0.2, 0.25) is 10.0 Å². The van der Waals surface area contributed by atoms with Gasteiger partial charge in [0, 0.05) is 31.9 Å². The molecular weight excluding hydrogens is 386 g/mol. The van der Waals surface area contributed by atoms with Gasteiger partial charge in [0.05, 0.1) is 12.0 Å². The van der Waals surface area contributed by atoms with Gasteiger partial charge in [-0.2, -0.15) is 0 Å². The minimum atomic E-state index is -3.58. The second-order valence-corrected chi connectivity index (χ2v) is 9.61. The fourth-order valence-corrected chi connectivity index (χ4v) is 5.37. The second kappa shape index (κ2) is 8.34. The van der Waals surface area contributed by atoms with Crippen LogP contribution < -0.4 is 14.4 Å². The Morgan fingerprint density at radius 2 is 1.79 bits per heavy atom. The van der Waals surface area contributed by atoms with E-state index in [9.17, 15) is 8.42 Å². The number of nitrogens with one attached hydrogen (secondary N) is 1. The van der Waals surface area contributed by atoms with Crippen LogP contribution in [0.15, 0.2) is 47.4 Å². The van der Waals surface area contributed by atoms with Crippen LogP contribution in [0.3, 0.4) is 0 Å². The predicted molar refractivity (Wildman–Crippen MR) is 115 cm³/mol. The van der Waals surface area contributed by atoms with Crippen LogP contribution in [-0.4, -0.2) is 53.7 Å². The minimum Gasteiger partial charge on any atom is -0.497 e. The third-order valence-corrected chi connectivity index (χ3v) is 7.47. The van der Waals surface area contributed by atoms with Gasteiger partial charge in [-0.1, -0.05) is 12.1 Å². The number of hydrogen-bond acceptors (Lipinski definition) is 5. The van der Waals surface area contributed by atoms with Crippen LogP contribution in [0, 0.1) is 0 Å². The summed E-state index contributed by atoms with van der Waals surface area (Å²) in [5.41, 5.74) is 3.83. The summed E-state index contributed by atoms with van der Waals surface area (Å²) in [6, 6.07) is 13.1. The van der Waals surface area contributed by atoms with Gasteiger partial charge in [-0.3, -0.25) is 4.90 Å². The standard InChI is InChI=1S/C22H29N3O3S/c1-24-14-11-18-15-17(5-10-21(18)24)22(25-12-3-4-13-25)16-23-29(26,27)20-8-6-19(28-2)7-9-20/h5-10,15,22-23H,3-4,11-14,16H2,1-2H3. The van der Waals surface area contributed by atoms with Crippen LogP contribution in [0.4, 0.5) is 5.69 Å². The normalized spacial score (nSPS) is 18.1. The molecule has 1 unspecified atom stereocenters. The number of rotatable bonds is 7. The van der Waals surface area contributed by atoms with Gasteiger partial charge in [-0.15, -0.1) is 0 Å². The summed E-state index contributed by atoms with van der Waals surface area (Å²) in [5, 5.41) is 0. The summed E-state index contributed by atoms with van der Waals surface area (Å²) in [6.45, 7) is 3.41. The maximum Gasteiger partial charge on any atom is 0.240 e. The molecule has 0 aliphatic carbocycles. The van der Waals surface area contributed by atoms with Gasteiger partial charge >= 0.3 is 0 Å². The van der Waals surface area contributed by atoms with E-state index in [1.54, 1.807) is 31.4 Å². The SMILES string of the molecule is COc1ccc(S(=O)(=O)NCC(c2ccc3c(c2)CCN3C)N2CCCC2)cc1. The van der Waals surface area contributed by atoms with Crippen molar-refractivity contribution in [2.24, 2.45) is 0 Å². The van der Waals surface area contributed by atoms with Gasteiger partial charge in [0.25, 0.3) is 0 Å². The summed E-state index contributed by atoms with van der Waals surface area (Å²) in [4.78, 5) is 4.93. The number of ether oxygens (including phenoxy) is 1. The zero-order valence-electron chi connectivity index (χ0n) is 17.1. The first-order chi connectivity index (χ1) is 14.0. The van der Waals surface area contributed by atoms with Gasteiger partial charge in [-0.25, -0.2) is 13.1 Å². The first-order valence-electron chi connectivity index (χ1n) is 10.2. The number of benzene rings is 2. The van der Waals surface area contributed by atoms with E-state index in [1.807, 2.05) is 0 Å². The first kappa shape index (κ1) is 20.2. The van der Waals surface area contributed by atoms with E-state index in [0.717, 1.165) is 38.9 Å². The number of nitrogens with zero attached hydrogens (tertiary/aromatic N) is 2. The largest absolute Gasteiger partial charge is 0.497 e. The summed E-state index contributed by atoms with van der Waals surface area (Å²) in [5.74, 6) is 0.641. The van der Waals surface area contributed by atoms with Gasteiger partial charge < -0.3 is 9.64 Å². The van der Waals surface area contributed by atoms with Gasteiger partial charge in [0.15, 0.2) is 0 Å². The molecule has 6 nitrogen and oxygen atoms in total. The molecule has 0 spiro atoms. The maximum absolute atomic E-state index is 12.8. The molecule has 4 rings (SSSR count). The van der Waals surface area contributed by atoms with Crippen molar-refractivity contribution in [2.45, 2.75) is 30.2 Å². The predicted octanol–water partition coefficient (Wildman–Crippen LogP) is 2.80. The van der Waals surface area contributed by atoms with Crippen molar-refractivity contribution in [1.82, 2.24) is 9.62 Å². The number of sulfonamides is 1. The Morgan fingerprint density at radius 3 is 2.48 bits per heavy atom. The first-order valence-corrected chi connectivity index (χ1v) is 11.7. The number of methoxy groups -OCH3 is 1. The Balaban J connectivity index is 1.55. The van der Waals surface area contributed by atoms with Crippen molar-refractivity contribution in [2.75, 3.05) is 45.2 Å². The highest BCUT2D eigenvalue weighted by molar-refractivity contribution is 7.89. The maximum atomic E-state index is 12.8. The molecule has 1 saturated heterocycles. The molecule has 2 aliphatic heterocycles. The molecular formula is C22H29N3O3S. The number of hydrogen-bond donors (Lipinski definition) is 1. The van der Waals surface area contributed by atoms with Crippen molar-refractivity contribution in [1.29, 1.82) is 0 Å². The monoisotopic (exact) mass is 415 g/mol. The zero-order valence-corrected chi connectivity index (χ0v) is 17.9. The van der Waals surface area contributed by atoms with Crippen LogP contribution in [0.5, 0.6) is 5.75 Å². The summed E-state index contributed by atoms with van der Waals surface area (Å²) in [6.07, 6.45) is 3.37. The molecule has 1 atom stereocenters. The van der Waals surface area contributed by atoms with Crippen molar-refractivity contribution in [3.63, 3.8) is 0 Å². The minimum absolute atomic E-state index is 0.0433. The number of anilines is 1. The third kappa shape index (κ3) is 4.27. The molecule has 0 amide bonds. The number of likely N-dealkylation sites (N-methyl/N-ethyl adjacent to an activating group) is 1. The average Bonchev–Trinajstić information content (AvgIpc) is 3.39. The molecule has 1 fully saturated rings. The molecule has 0 radical (unpaired) electrons. The lowest BCUT2D eigenvalue weighted by atomic mass is 10.0. The molecule has 0 aromatic heterocycles. The fraction of sp³-hybridized carbons (Fsp3) is 0.455. The van der Waals surface area contributed by atoms with Crippen molar-refractivity contribution in [3.05, 3.63) is 53.6 Å². The Morgan fingerprint density at radius 1 is 1.07 bits per heavy atom. The van der Waals surface area contributed by atoms with E-state index >= 15 is 0 Å². The lowest BCUT2D eigenvalue weighted by Gasteiger charge is -2.29. The number of fused-ring (bicyclic) bond motifs is 1. The molecule has 29 heavy (non-hydrogen) atoms. The Labute approximate surface area is 173 Å². The molecule has 0 saturated carbocycles. The van der Waals surface area contributed by atoms with E-state index in [2.05, 4.69) is 39.8 Å². The number of likely N-dealkylation sites (tertiary alicyclic amines) is 1. The third-order valence-electron chi connectivity index (χ3n) is 6.03. The van der Waals surface area contributed by atoms with Crippen LogP contribution in [0.25, 0.3) is 0 Å².